The SMILES string of the molecule is O=[N+]([O-])c1ccc2nccnc2c1N1CCCCC1. The Hall–Kier alpha value is -2.24. The summed E-state index contributed by atoms with van der Waals surface area (Å²) in [6, 6.07) is 3.19. The summed E-state index contributed by atoms with van der Waals surface area (Å²) in [6.07, 6.45) is 6.50. The summed E-state index contributed by atoms with van der Waals surface area (Å²) in [5.41, 5.74) is 2.07. The minimum atomic E-state index is -0.335. The summed E-state index contributed by atoms with van der Waals surface area (Å²) < 4.78 is 0. The molecule has 0 spiro atoms. The van der Waals surface area contributed by atoms with Gasteiger partial charge in [-0.2, -0.15) is 0 Å². The lowest BCUT2D eigenvalue weighted by Crippen LogP contribution is -2.30. The second-order valence-corrected chi connectivity index (χ2v) is 4.66. The van der Waals surface area contributed by atoms with Crippen LogP contribution < -0.4 is 4.90 Å². The molecule has 0 bridgehead atoms. The Labute approximate surface area is 110 Å². The molecule has 1 aliphatic rings. The lowest BCUT2D eigenvalue weighted by atomic mass is 10.1. The Balaban J connectivity index is 2.21. The Morgan fingerprint density at radius 3 is 2.58 bits per heavy atom. The van der Waals surface area contributed by atoms with Gasteiger partial charge in [0.05, 0.1) is 10.4 Å². The van der Waals surface area contributed by atoms with Gasteiger partial charge in [0.1, 0.15) is 11.2 Å². The maximum absolute atomic E-state index is 11.2. The van der Waals surface area contributed by atoms with Crippen LogP contribution >= 0.6 is 0 Å². The van der Waals surface area contributed by atoms with E-state index >= 15 is 0 Å². The first-order valence-electron chi connectivity index (χ1n) is 6.40. The van der Waals surface area contributed by atoms with E-state index in [1.807, 2.05) is 0 Å². The minimum Gasteiger partial charge on any atom is -0.364 e. The molecular formula is C13H14N4O2. The first-order chi connectivity index (χ1) is 9.27. The number of hydrogen-bond acceptors (Lipinski definition) is 5. The average Bonchev–Trinajstić information content (AvgIpc) is 2.46. The van der Waals surface area contributed by atoms with Crippen LogP contribution in [0.15, 0.2) is 24.5 Å². The molecule has 0 saturated carbocycles. The van der Waals surface area contributed by atoms with Crippen molar-refractivity contribution in [3.05, 3.63) is 34.6 Å². The highest BCUT2D eigenvalue weighted by molar-refractivity contribution is 5.93. The third-order valence-electron chi connectivity index (χ3n) is 3.46. The van der Waals surface area contributed by atoms with Gasteiger partial charge in [-0.15, -0.1) is 0 Å². The van der Waals surface area contributed by atoms with Gasteiger partial charge in [0.25, 0.3) is 5.69 Å². The molecule has 1 fully saturated rings. The van der Waals surface area contributed by atoms with Gasteiger partial charge in [-0.25, -0.2) is 0 Å². The van der Waals surface area contributed by atoms with E-state index in [1.54, 1.807) is 18.5 Å². The van der Waals surface area contributed by atoms with Crippen molar-refractivity contribution in [2.75, 3.05) is 18.0 Å². The van der Waals surface area contributed by atoms with Gasteiger partial charge < -0.3 is 4.90 Å². The fourth-order valence-corrected chi connectivity index (χ4v) is 2.59. The molecule has 0 N–H and O–H groups in total. The van der Waals surface area contributed by atoms with Crippen LogP contribution in [0.1, 0.15) is 19.3 Å². The van der Waals surface area contributed by atoms with Crippen LogP contribution in [0.2, 0.25) is 0 Å². The van der Waals surface area contributed by atoms with Gasteiger partial charge in [-0.1, -0.05) is 0 Å². The van der Waals surface area contributed by atoms with Crippen LogP contribution in [0.4, 0.5) is 11.4 Å². The van der Waals surface area contributed by atoms with E-state index in [9.17, 15) is 10.1 Å². The van der Waals surface area contributed by atoms with Crippen molar-refractivity contribution in [1.29, 1.82) is 0 Å². The average molecular weight is 258 g/mol. The van der Waals surface area contributed by atoms with E-state index in [4.69, 9.17) is 0 Å². The topological polar surface area (TPSA) is 72.2 Å². The summed E-state index contributed by atoms with van der Waals surface area (Å²) in [5, 5.41) is 11.2. The van der Waals surface area contributed by atoms with Crippen molar-refractivity contribution < 1.29 is 4.92 Å². The summed E-state index contributed by atoms with van der Waals surface area (Å²) in [7, 11) is 0. The fraction of sp³-hybridized carbons (Fsp3) is 0.385. The number of nitro groups is 1. The van der Waals surface area contributed by atoms with E-state index in [2.05, 4.69) is 14.9 Å². The Morgan fingerprint density at radius 1 is 1.11 bits per heavy atom. The largest absolute Gasteiger partial charge is 0.364 e. The Bertz CT molecular complexity index is 623. The van der Waals surface area contributed by atoms with Crippen LogP contribution in [-0.4, -0.2) is 28.0 Å². The van der Waals surface area contributed by atoms with E-state index in [-0.39, 0.29) is 10.6 Å². The number of anilines is 1. The zero-order valence-corrected chi connectivity index (χ0v) is 10.5. The number of nitrogens with zero attached hydrogens (tertiary/aromatic N) is 4. The molecule has 2 aromatic rings. The van der Waals surface area contributed by atoms with Crippen molar-refractivity contribution in [3.63, 3.8) is 0 Å². The zero-order chi connectivity index (χ0) is 13.2. The quantitative estimate of drug-likeness (QED) is 0.611. The predicted octanol–water partition coefficient (Wildman–Crippen LogP) is 2.53. The predicted molar refractivity (Wildman–Crippen MR) is 72.3 cm³/mol. The molecule has 6 nitrogen and oxygen atoms in total. The van der Waals surface area contributed by atoms with E-state index < -0.39 is 0 Å². The number of piperidine rings is 1. The van der Waals surface area contributed by atoms with Crippen molar-refractivity contribution in [2.45, 2.75) is 19.3 Å². The molecule has 19 heavy (non-hydrogen) atoms. The van der Waals surface area contributed by atoms with Gasteiger partial charge in [-0.05, 0) is 25.3 Å². The van der Waals surface area contributed by atoms with Gasteiger partial charge in [-0.3, -0.25) is 20.1 Å². The molecule has 1 aromatic carbocycles. The lowest BCUT2D eigenvalue weighted by Gasteiger charge is -2.28. The van der Waals surface area contributed by atoms with Crippen LogP contribution in [0.25, 0.3) is 11.0 Å². The molecule has 1 aliphatic heterocycles. The highest BCUT2D eigenvalue weighted by Crippen LogP contribution is 2.35. The molecule has 1 aromatic heterocycles. The molecule has 98 valence electrons. The van der Waals surface area contributed by atoms with Crippen LogP contribution in [0.3, 0.4) is 0 Å². The van der Waals surface area contributed by atoms with Crippen molar-refractivity contribution in [2.24, 2.45) is 0 Å². The lowest BCUT2D eigenvalue weighted by molar-refractivity contribution is -0.384. The summed E-state index contributed by atoms with van der Waals surface area (Å²) in [6.45, 7) is 1.69. The number of nitro benzene ring substituents is 1. The normalized spacial score (nSPS) is 15.7. The second kappa shape index (κ2) is 4.79. The molecule has 3 rings (SSSR count). The number of benzene rings is 1. The summed E-state index contributed by atoms with van der Waals surface area (Å²) >= 11 is 0. The maximum atomic E-state index is 11.2. The molecule has 0 radical (unpaired) electrons. The monoisotopic (exact) mass is 258 g/mol. The highest BCUT2D eigenvalue weighted by atomic mass is 16.6. The first-order valence-corrected chi connectivity index (χ1v) is 6.40. The van der Waals surface area contributed by atoms with Gasteiger partial charge in [0.2, 0.25) is 0 Å². The molecule has 2 heterocycles. The second-order valence-electron chi connectivity index (χ2n) is 4.66. The van der Waals surface area contributed by atoms with Crippen molar-refractivity contribution in [3.8, 4) is 0 Å². The van der Waals surface area contributed by atoms with E-state index in [0.717, 1.165) is 25.9 Å². The van der Waals surface area contributed by atoms with Crippen LogP contribution in [0, 0.1) is 10.1 Å². The first kappa shape index (κ1) is 11.8. The number of aromatic nitrogens is 2. The standard InChI is InChI=1S/C13H14N4O2/c18-17(19)11-5-4-10-12(15-7-6-14-10)13(11)16-8-2-1-3-9-16/h4-7H,1-3,8-9H2. The third-order valence-corrected chi connectivity index (χ3v) is 3.46. The number of fused-ring (bicyclic) bond motifs is 1. The minimum absolute atomic E-state index is 0.120. The number of rotatable bonds is 2. The summed E-state index contributed by atoms with van der Waals surface area (Å²) in [5.74, 6) is 0. The molecule has 0 atom stereocenters. The van der Waals surface area contributed by atoms with E-state index in [0.29, 0.717) is 16.7 Å². The molecule has 6 heteroatoms. The smallest absolute Gasteiger partial charge is 0.294 e. The van der Waals surface area contributed by atoms with Gasteiger partial charge in [0, 0.05) is 31.5 Å². The fourth-order valence-electron chi connectivity index (χ4n) is 2.59. The Morgan fingerprint density at radius 2 is 1.84 bits per heavy atom. The molecule has 0 unspecified atom stereocenters. The molecular weight excluding hydrogens is 244 g/mol. The van der Waals surface area contributed by atoms with Crippen molar-refractivity contribution >= 4 is 22.4 Å². The van der Waals surface area contributed by atoms with Gasteiger partial charge >= 0.3 is 0 Å². The highest BCUT2D eigenvalue weighted by Gasteiger charge is 2.24. The summed E-state index contributed by atoms with van der Waals surface area (Å²) in [4.78, 5) is 21.5. The van der Waals surface area contributed by atoms with Crippen LogP contribution in [-0.2, 0) is 0 Å². The maximum Gasteiger partial charge on any atom is 0.294 e. The van der Waals surface area contributed by atoms with Crippen LogP contribution in [0.5, 0.6) is 0 Å². The molecule has 1 saturated heterocycles. The third kappa shape index (κ3) is 2.09. The van der Waals surface area contributed by atoms with Gasteiger partial charge in [0.15, 0.2) is 0 Å². The number of hydrogen-bond donors (Lipinski definition) is 0. The molecule has 0 aliphatic carbocycles. The van der Waals surface area contributed by atoms with E-state index in [1.165, 1.54) is 12.5 Å². The molecule has 0 amide bonds. The Kier molecular flexibility index (Phi) is 2.98. The van der Waals surface area contributed by atoms with Crippen molar-refractivity contribution in [1.82, 2.24) is 9.97 Å². The zero-order valence-electron chi connectivity index (χ0n) is 10.5.